The summed E-state index contributed by atoms with van der Waals surface area (Å²) in [5.74, 6) is -0.575. The average molecular weight is 272 g/mol. The number of methoxy groups -OCH3 is 1. The minimum Gasteiger partial charge on any atom is -0.469 e. The molecule has 0 spiro atoms. The standard InChI is InChI=1S/C15H16N2O3/c1-20-15(19)9-8-14(18)16-10-12-7-6-11-4-2-3-5-13(11)17-12/h2-7H,8-10H2,1H3,(H,16,18). The predicted octanol–water partition coefficient (Wildman–Crippen LogP) is 1.80. The normalized spacial score (nSPS) is 10.2. The molecule has 0 aliphatic carbocycles. The van der Waals surface area contributed by atoms with Crippen molar-refractivity contribution < 1.29 is 14.3 Å². The zero-order valence-corrected chi connectivity index (χ0v) is 11.3. The maximum absolute atomic E-state index is 11.6. The third kappa shape index (κ3) is 3.78. The molecular formula is C15H16N2O3. The van der Waals surface area contributed by atoms with Crippen molar-refractivity contribution in [1.82, 2.24) is 10.3 Å². The number of hydrogen-bond acceptors (Lipinski definition) is 4. The molecule has 0 saturated heterocycles. The number of hydrogen-bond donors (Lipinski definition) is 1. The molecule has 1 aromatic heterocycles. The van der Waals surface area contributed by atoms with E-state index in [1.807, 2.05) is 36.4 Å². The van der Waals surface area contributed by atoms with Crippen molar-refractivity contribution in [3.63, 3.8) is 0 Å². The zero-order chi connectivity index (χ0) is 14.4. The van der Waals surface area contributed by atoms with Crippen LogP contribution in [-0.2, 0) is 20.9 Å². The topological polar surface area (TPSA) is 68.3 Å². The lowest BCUT2D eigenvalue weighted by atomic mass is 10.2. The average Bonchev–Trinajstić information content (AvgIpc) is 2.50. The summed E-state index contributed by atoms with van der Waals surface area (Å²) in [7, 11) is 1.30. The Bertz CT molecular complexity index is 625. The number of ether oxygens (including phenoxy) is 1. The van der Waals surface area contributed by atoms with E-state index < -0.39 is 0 Å². The van der Waals surface area contributed by atoms with Gasteiger partial charge >= 0.3 is 5.97 Å². The van der Waals surface area contributed by atoms with E-state index in [1.165, 1.54) is 7.11 Å². The molecule has 1 amide bonds. The number of fused-ring (bicyclic) bond motifs is 1. The molecule has 1 aromatic carbocycles. The van der Waals surface area contributed by atoms with Gasteiger partial charge in [0, 0.05) is 11.8 Å². The van der Waals surface area contributed by atoms with Crippen LogP contribution in [-0.4, -0.2) is 24.0 Å². The van der Waals surface area contributed by atoms with Gasteiger partial charge in [0.1, 0.15) is 0 Å². The summed E-state index contributed by atoms with van der Waals surface area (Å²) >= 11 is 0. The monoisotopic (exact) mass is 272 g/mol. The van der Waals surface area contributed by atoms with Gasteiger partial charge in [0.05, 0.1) is 31.3 Å². The van der Waals surface area contributed by atoms with Gasteiger partial charge in [-0.05, 0) is 12.1 Å². The molecule has 0 unspecified atom stereocenters. The Morgan fingerprint density at radius 3 is 2.75 bits per heavy atom. The van der Waals surface area contributed by atoms with Crippen molar-refractivity contribution in [2.75, 3.05) is 7.11 Å². The van der Waals surface area contributed by atoms with Crippen LogP contribution >= 0.6 is 0 Å². The minimum absolute atomic E-state index is 0.0908. The fourth-order valence-corrected chi connectivity index (χ4v) is 1.80. The van der Waals surface area contributed by atoms with Crippen molar-refractivity contribution in [2.45, 2.75) is 19.4 Å². The Hall–Kier alpha value is -2.43. The van der Waals surface area contributed by atoms with Gasteiger partial charge in [-0.25, -0.2) is 0 Å². The quantitative estimate of drug-likeness (QED) is 0.843. The molecule has 0 bridgehead atoms. The molecular weight excluding hydrogens is 256 g/mol. The Kier molecular flexibility index (Phi) is 4.65. The Balaban J connectivity index is 1.89. The molecule has 1 heterocycles. The molecule has 0 fully saturated rings. The first-order valence-electron chi connectivity index (χ1n) is 6.37. The van der Waals surface area contributed by atoms with Crippen molar-refractivity contribution in [1.29, 1.82) is 0 Å². The highest BCUT2D eigenvalue weighted by atomic mass is 16.5. The highest BCUT2D eigenvalue weighted by Gasteiger charge is 2.07. The van der Waals surface area contributed by atoms with E-state index >= 15 is 0 Å². The van der Waals surface area contributed by atoms with Crippen LogP contribution in [0.3, 0.4) is 0 Å². The number of aromatic nitrogens is 1. The third-order valence-electron chi connectivity index (χ3n) is 2.91. The molecule has 5 heteroatoms. The molecule has 0 atom stereocenters. The van der Waals surface area contributed by atoms with Crippen LogP contribution < -0.4 is 5.32 Å². The summed E-state index contributed by atoms with van der Waals surface area (Å²) in [6.45, 7) is 0.352. The van der Waals surface area contributed by atoms with E-state index in [4.69, 9.17) is 0 Å². The van der Waals surface area contributed by atoms with Gasteiger partial charge in [0.25, 0.3) is 0 Å². The fraction of sp³-hybridized carbons (Fsp3) is 0.267. The van der Waals surface area contributed by atoms with Gasteiger partial charge in [0.15, 0.2) is 0 Å². The number of nitrogens with one attached hydrogen (secondary N) is 1. The van der Waals surface area contributed by atoms with E-state index in [-0.39, 0.29) is 24.7 Å². The van der Waals surface area contributed by atoms with Crippen molar-refractivity contribution in [3.8, 4) is 0 Å². The number of nitrogens with zero attached hydrogens (tertiary/aromatic N) is 1. The molecule has 5 nitrogen and oxygen atoms in total. The highest BCUT2D eigenvalue weighted by molar-refractivity contribution is 5.81. The molecule has 0 saturated carbocycles. The van der Waals surface area contributed by atoms with E-state index in [9.17, 15) is 9.59 Å². The van der Waals surface area contributed by atoms with Crippen LogP contribution in [0, 0.1) is 0 Å². The van der Waals surface area contributed by atoms with Crippen LogP contribution in [0.4, 0.5) is 0 Å². The summed E-state index contributed by atoms with van der Waals surface area (Å²) in [5, 5.41) is 3.80. The number of pyridine rings is 1. The Morgan fingerprint density at radius 2 is 1.95 bits per heavy atom. The molecule has 2 aromatic rings. The molecule has 2 rings (SSSR count). The number of amides is 1. The van der Waals surface area contributed by atoms with Gasteiger partial charge in [-0.15, -0.1) is 0 Å². The maximum atomic E-state index is 11.6. The first-order valence-corrected chi connectivity index (χ1v) is 6.37. The lowest BCUT2D eigenvalue weighted by molar-refractivity contribution is -0.142. The second-order valence-electron chi connectivity index (χ2n) is 4.35. The van der Waals surface area contributed by atoms with Crippen LogP contribution in [0.15, 0.2) is 36.4 Å². The van der Waals surface area contributed by atoms with E-state index in [1.54, 1.807) is 0 Å². The van der Waals surface area contributed by atoms with E-state index in [0.717, 1.165) is 16.6 Å². The summed E-state index contributed by atoms with van der Waals surface area (Å²) in [6, 6.07) is 11.6. The largest absolute Gasteiger partial charge is 0.469 e. The van der Waals surface area contributed by atoms with Crippen molar-refractivity contribution in [2.24, 2.45) is 0 Å². The minimum atomic E-state index is -0.385. The molecule has 20 heavy (non-hydrogen) atoms. The van der Waals surface area contributed by atoms with Crippen LogP contribution in [0.2, 0.25) is 0 Å². The van der Waals surface area contributed by atoms with Gasteiger partial charge in [-0.3, -0.25) is 14.6 Å². The van der Waals surface area contributed by atoms with Gasteiger partial charge in [0.2, 0.25) is 5.91 Å². The number of carbonyl (C=O) groups excluding carboxylic acids is 2. The van der Waals surface area contributed by atoms with Crippen molar-refractivity contribution in [3.05, 3.63) is 42.1 Å². The zero-order valence-electron chi connectivity index (χ0n) is 11.3. The first-order chi connectivity index (χ1) is 9.69. The van der Waals surface area contributed by atoms with Crippen LogP contribution in [0.1, 0.15) is 18.5 Å². The summed E-state index contributed by atoms with van der Waals surface area (Å²) < 4.78 is 4.48. The van der Waals surface area contributed by atoms with Crippen molar-refractivity contribution >= 4 is 22.8 Å². The summed E-state index contributed by atoms with van der Waals surface area (Å²) in [5.41, 5.74) is 1.68. The lowest BCUT2D eigenvalue weighted by Crippen LogP contribution is -2.23. The second-order valence-corrected chi connectivity index (χ2v) is 4.35. The number of para-hydroxylation sites is 1. The number of carbonyl (C=O) groups is 2. The number of benzene rings is 1. The molecule has 0 aliphatic rings. The van der Waals surface area contributed by atoms with Gasteiger partial charge in [-0.2, -0.15) is 0 Å². The fourth-order valence-electron chi connectivity index (χ4n) is 1.80. The summed E-state index contributed by atoms with van der Waals surface area (Å²) in [6.07, 6.45) is 0.216. The molecule has 0 aliphatic heterocycles. The maximum Gasteiger partial charge on any atom is 0.306 e. The smallest absolute Gasteiger partial charge is 0.306 e. The van der Waals surface area contributed by atoms with Crippen LogP contribution in [0.25, 0.3) is 10.9 Å². The first kappa shape index (κ1) is 14.0. The molecule has 0 radical (unpaired) electrons. The second kappa shape index (κ2) is 6.65. The molecule has 1 N–H and O–H groups in total. The Labute approximate surface area is 117 Å². The number of esters is 1. The summed E-state index contributed by atoms with van der Waals surface area (Å²) in [4.78, 5) is 26.9. The van der Waals surface area contributed by atoms with E-state index in [0.29, 0.717) is 6.54 Å². The number of rotatable bonds is 5. The third-order valence-corrected chi connectivity index (χ3v) is 2.91. The Morgan fingerprint density at radius 1 is 1.15 bits per heavy atom. The lowest BCUT2D eigenvalue weighted by Gasteiger charge is -2.05. The van der Waals surface area contributed by atoms with Gasteiger partial charge in [-0.1, -0.05) is 24.3 Å². The highest BCUT2D eigenvalue weighted by Crippen LogP contribution is 2.11. The predicted molar refractivity (Wildman–Crippen MR) is 74.8 cm³/mol. The van der Waals surface area contributed by atoms with E-state index in [2.05, 4.69) is 15.0 Å². The van der Waals surface area contributed by atoms with Crippen LogP contribution in [0.5, 0.6) is 0 Å². The van der Waals surface area contributed by atoms with Gasteiger partial charge < -0.3 is 10.1 Å². The molecule has 104 valence electrons. The SMILES string of the molecule is COC(=O)CCC(=O)NCc1ccc2ccccc2n1.